The number of aldehydes is 1. The third-order valence-corrected chi connectivity index (χ3v) is 1.59. The monoisotopic (exact) mass is 247 g/mol. The lowest BCUT2D eigenvalue weighted by Gasteiger charge is -2.22. The van der Waals surface area contributed by atoms with Crippen LogP contribution in [0.15, 0.2) is 0 Å². The van der Waals surface area contributed by atoms with Gasteiger partial charge >= 0.3 is 12.1 Å². The van der Waals surface area contributed by atoms with Crippen molar-refractivity contribution in [3.8, 4) is 0 Å². The molecule has 17 heavy (non-hydrogen) atoms. The first-order valence-electron chi connectivity index (χ1n) is 5.40. The van der Waals surface area contributed by atoms with E-state index in [1.54, 1.807) is 27.7 Å². The molecule has 0 radical (unpaired) electrons. The van der Waals surface area contributed by atoms with Gasteiger partial charge in [0.15, 0.2) is 0 Å². The predicted molar refractivity (Wildman–Crippen MR) is 62.6 cm³/mol. The van der Waals surface area contributed by atoms with Crippen LogP contribution in [-0.4, -0.2) is 36.6 Å². The SMILES string of the molecule is CCOC(=O)[C@H](CC=O)NC(=O)OC(C)(C)C.[HH]. The Balaban J connectivity index is 0. The first kappa shape index (κ1) is 15.4. The van der Waals surface area contributed by atoms with Crippen LogP contribution in [0, 0.1) is 0 Å². The van der Waals surface area contributed by atoms with Gasteiger partial charge in [0.05, 0.1) is 6.61 Å². The van der Waals surface area contributed by atoms with E-state index in [1.807, 2.05) is 0 Å². The Morgan fingerprint density at radius 1 is 1.41 bits per heavy atom. The highest BCUT2D eigenvalue weighted by atomic mass is 16.6. The number of ether oxygens (including phenoxy) is 2. The molecule has 0 saturated heterocycles. The van der Waals surface area contributed by atoms with E-state index < -0.39 is 23.7 Å². The highest BCUT2D eigenvalue weighted by Crippen LogP contribution is 2.07. The molecular weight excluding hydrogens is 226 g/mol. The minimum atomic E-state index is -0.998. The van der Waals surface area contributed by atoms with Crippen LogP contribution in [0.3, 0.4) is 0 Å². The smallest absolute Gasteiger partial charge is 0.408 e. The van der Waals surface area contributed by atoms with E-state index in [-0.39, 0.29) is 14.5 Å². The minimum Gasteiger partial charge on any atom is -0.464 e. The predicted octanol–water partition coefficient (Wildman–Crippen LogP) is 1.28. The van der Waals surface area contributed by atoms with E-state index in [1.165, 1.54) is 0 Å². The molecule has 0 unspecified atom stereocenters. The lowest BCUT2D eigenvalue weighted by atomic mass is 10.2. The molecule has 0 saturated carbocycles. The number of amides is 1. The maximum absolute atomic E-state index is 11.4. The largest absolute Gasteiger partial charge is 0.464 e. The molecule has 1 atom stereocenters. The van der Waals surface area contributed by atoms with Crippen LogP contribution < -0.4 is 5.32 Å². The summed E-state index contributed by atoms with van der Waals surface area (Å²) in [6.07, 6.45) is -0.353. The summed E-state index contributed by atoms with van der Waals surface area (Å²) in [7, 11) is 0. The van der Waals surface area contributed by atoms with Crippen molar-refractivity contribution in [2.45, 2.75) is 45.8 Å². The fourth-order valence-corrected chi connectivity index (χ4v) is 1.00. The number of hydrogen-bond donors (Lipinski definition) is 1. The fourth-order valence-electron chi connectivity index (χ4n) is 1.00. The molecule has 6 nitrogen and oxygen atoms in total. The van der Waals surface area contributed by atoms with Crippen molar-refractivity contribution in [3.63, 3.8) is 0 Å². The van der Waals surface area contributed by atoms with Crippen LogP contribution in [0.4, 0.5) is 4.79 Å². The Kier molecular flexibility index (Phi) is 6.23. The van der Waals surface area contributed by atoms with Crippen LogP contribution >= 0.6 is 0 Å². The third kappa shape index (κ3) is 7.32. The quantitative estimate of drug-likeness (QED) is 0.584. The van der Waals surface area contributed by atoms with Crippen molar-refractivity contribution in [2.24, 2.45) is 0 Å². The molecule has 0 aliphatic rings. The van der Waals surface area contributed by atoms with Crippen LogP contribution in [0.25, 0.3) is 0 Å². The van der Waals surface area contributed by atoms with Gasteiger partial charge in [-0.3, -0.25) is 0 Å². The number of nitrogens with one attached hydrogen (secondary N) is 1. The number of alkyl carbamates (subject to hydrolysis) is 1. The zero-order valence-electron chi connectivity index (χ0n) is 10.6. The molecular formula is C11H21NO5. The number of hydrogen-bond acceptors (Lipinski definition) is 5. The highest BCUT2D eigenvalue weighted by Gasteiger charge is 2.24. The van der Waals surface area contributed by atoms with Gasteiger partial charge in [-0.05, 0) is 27.7 Å². The molecule has 6 heteroatoms. The third-order valence-electron chi connectivity index (χ3n) is 1.59. The molecule has 0 spiro atoms. The van der Waals surface area contributed by atoms with Crippen LogP contribution in [0.2, 0.25) is 0 Å². The summed E-state index contributed by atoms with van der Waals surface area (Å²) in [5.41, 5.74) is -0.662. The Labute approximate surface area is 102 Å². The molecule has 0 aromatic heterocycles. The van der Waals surface area contributed by atoms with E-state index in [2.05, 4.69) is 5.32 Å². The molecule has 0 heterocycles. The second-order valence-electron chi connectivity index (χ2n) is 4.35. The summed E-state index contributed by atoms with van der Waals surface area (Å²) in [4.78, 5) is 33.2. The Morgan fingerprint density at radius 3 is 2.41 bits per heavy atom. The summed E-state index contributed by atoms with van der Waals surface area (Å²) in [6, 6.07) is -0.998. The summed E-state index contributed by atoms with van der Waals surface area (Å²) < 4.78 is 9.69. The molecule has 0 aromatic carbocycles. The van der Waals surface area contributed by atoms with Gasteiger partial charge in [-0.25, -0.2) is 9.59 Å². The maximum atomic E-state index is 11.4. The van der Waals surface area contributed by atoms with Crippen molar-refractivity contribution in [1.29, 1.82) is 0 Å². The molecule has 0 aromatic rings. The Hall–Kier alpha value is -1.59. The fraction of sp³-hybridized carbons (Fsp3) is 0.727. The van der Waals surface area contributed by atoms with Gasteiger partial charge < -0.3 is 19.6 Å². The molecule has 0 bridgehead atoms. The van der Waals surface area contributed by atoms with Crippen LogP contribution in [-0.2, 0) is 19.1 Å². The zero-order valence-corrected chi connectivity index (χ0v) is 10.6. The van der Waals surface area contributed by atoms with Crippen molar-refractivity contribution in [1.82, 2.24) is 5.32 Å². The van der Waals surface area contributed by atoms with Gasteiger partial charge in [0.1, 0.15) is 17.9 Å². The van der Waals surface area contributed by atoms with Gasteiger partial charge in [0.25, 0.3) is 0 Å². The summed E-state index contributed by atoms with van der Waals surface area (Å²) in [5, 5.41) is 2.29. The first-order valence-corrected chi connectivity index (χ1v) is 5.40. The number of carbonyl (C=O) groups excluding carboxylic acids is 3. The molecule has 0 fully saturated rings. The highest BCUT2D eigenvalue weighted by molar-refractivity contribution is 5.83. The zero-order chi connectivity index (χ0) is 13.5. The van der Waals surface area contributed by atoms with Crippen molar-refractivity contribution in [3.05, 3.63) is 0 Å². The lowest BCUT2D eigenvalue weighted by Crippen LogP contribution is -2.44. The second kappa shape index (κ2) is 6.88. The van der Waals surface area contributed by atoms with Gasteiger partial charge in [0, 0.05) is 7.85 Å². The van der Waals surface area contributed by atoms with E-state index in [0.29, 0.717) is 6.29 Å². The van der Waals surface area contributed by atoms with Crippen molar-refractivity contribution in [2.75, 3.05) is 6.61 Å². The summed E-state index contributed by atoms with van der Waals surface area (Å²) in [5.74, 6) is -0.648. The second-order valence-corrected chi connectivity index (χ2v) is 4.35. The van der Waals surface area contributed by atoms with Crippen molar-refractivity contribution >= 4 is 18.3 Å². The van der Waals surface area contributed by atoms with E-state index >= 15 is 0 Å². The topological polar surface area (TPSA) is 81.7 Å². The lowest BCUT2D eigenvalue weighted by molar-refractivity contribution is -0.146. The molecule has 0 rings (SSSR count). The van der Waals surface area contributed by atoms with E-state index in [0.717, 1.165) is 0 Å². The number of rotatable bonds is 5. The number of esters is 1. The molecule has 100 valence electrons. The standard InChI is InChI=1S/C11H19NO5.H2/c1-5-16-9(14)8(6-7-13)12-10(15)17-11(2,3)4;/h7-8H,5-6H2,1-4H3,(H,12,15);1H/t8-;/m0./s1. The number of carbonyl (C=O) groups is 3. The molecule has 1 N–H and O–H groups in total. The Morgan fingerprint density at radius 2 is 2.00 bits per heavy atom. The molecule has 1 amide bonds. The van der Waals surface area contributed by atoms with Crippen LogP contribution in [0.1, 0.15) is 35.5 Å². The van der Waals surface area contributed by atoms with E-state index in [4.69, 9.17) is 9.47 Å². The van der Waals surface area contributed by atoms with Gasteiger partial charge in [-0.15, -0.1) is 0 Å². The van der Waals surface area contributed by atoms with Crippen LogP contribution in [0.5, 0.6) is 0 Å². The average molecular weight is 247 g/mol. The molecule has 0 aliphatic heterocycles. The summed E-state index contributed by atoms with van der Waals surface area (Å²) >= 11 is 0. The first-order chi connectivity index (χ1) is 7.80. The Bertz CT molecular complexity index is 288. The van der Waals surface area contributed by atoms with E-state index in [9.17, 15) is 14.4 Å². The van der Waals surface area contributed by atoms with Gasteiger partial charge in [-0.2, -0.15) is 0 Å². The minimum absolute atomic E-state index is 0. The summed E-state index contributed by atoms with van der Waals surface area (Å²) in [6.45, 7) is 6.93. The average Bonchev–Trinajstić information content (AvgIpc) is 2.14. The van der Waals surface area contributed by atoms with Crippen molar-refractivity contribution < 1.29 is 25.3 Å². The molecule has 0 aliphatic carbocycles. The van der Waals surface area contributed by atoms with Gasteiger partial charge in [-0.1, -0.05) is 0 Å². The normalized spacial score (nSPS) is 12.5. The van der Waals surface area contributed by atoms with Gasteiger partial charge in [0.2, 0.25) is 0 Å². The maximum Gasteiger partial charge on any atom is 0.408 e.